The smallest absolute Gasteiger partial charge is 0.401 e. The Balaban J connectivity index is 1.70. The number of carbonyl (C=O) groups excluding carboxylic acids is 1. The zero-order valence-corrected chi connectivity index (χ0v) is 15.1. The van der Waals surface area contributed by atoms with Crippen LogP contribution in [0.5, 0.6) is 0 Å². The van der Waals surface area contributed by atoms with E-state index < -0.39 is 12.7 Å². The van der Waals surface area contributed by atoms with Crippen molar-refractivity contribution in [1.29, 1.82) is 0 Å². The number of carbonyl (C=O) groups is 1. The Bertz CT molecular complexity index is 569. The van der Waals surface area contributed by atoms with Crippen molar-refractivity contribution in [3.8, 4) is 0 Å². The van der Waals surface area contributed by atoms with Crippen molar-refractivity contribution in [3.05, 3.63) is 33.8 Å². The van der Waals surface area contributed by atoms with Gasteiger partial charge < -0.3 is 4.74 Å². The van der Waals surface area contributed by atoms with Gasteiger partial charge in [0.05, 0.1) is 19.6 Å². The van der Waals surface area contributed by atoms with E-state index in [2.05, 4.69) is 15.9 Å². The maximum atomic E-state index is 12.3. The molecule has 7 heteroatoms. The summed E-state index contributed by atoms with van der Waals surface area (Å²) in [7, 11) is 0. The molecule has 0 radical (unpaired) electrons. The minimum atomic E-state index is -4.15. The van der Waals surface area contributed by atoms with Gasteiger partial charge in [0.2, 0.25) is 0 Å². The van der Waals surface area contributed by atoms with E-state index in [9.17, 15) is 18.0 Å². The van der Waals surface area contributed by atoms with Gasteiger partial charge in [-0.3, -0.25) is 9.69 Å². The van der Waals surface area contributed by atoms with E-state index >= 15 is 0 Å². The Hall–Kier alpha value is -1.08. The van der Waals surface area contributed by atoms with Gasteiger partial charge in [-0.05, 0) is 56.0 Å². The molecule has 1 aromatic rings. The van der Waals surface area contributed by atoms with Gasteiger partial charge in [-0.15, -0.1) is 0 Å². The Morgan fingerprint density at radius 3 is 2.58 bits per heavy atom. The first-order valence-electron chi connectivity index (χ1n) is 7.92. The van der Waals surface area contributed by atoms with E-state index in [1.54, 1.807) is 0 Å². The van der Waals surface area contributed by atoms with Crippen molar-refractivity contribution >= 4 is 21.9 Å². The number of rotatable bonds is 5. The highest BCUT2D eigenvalue weighted by atomic mass is 79.9. The number of nitrogens with zero attached hydrogens (tertiary/aromatic N) is 1. The first-order valence-corrected chi connectivity index (χ1v) is 8.72. The van der Waals surface area contributed by atoms with Crippen molar-refractivity contribution in [2.75, 3.05) is 26.2 Å². The molecule has 1 heterocycles. The van der Waals surface area contributed by atoms with E-state index in [1.165, 1.54) is 4.90 Å². The Labute approximate surface area is 148 Å². The summed E-state index contributed by atoms with van der Waals surface area (Å²) in [5, 5.41) is 0. The van der Waals surface area contributed by atoms with Crippen molar-refractivity contribution in [1.82, 2.24) is 4.90 Å². The van der Waals surface area contributed by atoms with Gasteiger partial charge in [0, 0.05) is 4.47 Å². The molecule has 0 amide bonds. The lowest BCUT2D eigenvalue weighted by atomic mass is 9.98. The normalized spacial score (nSPS) is 17.0. The zero-order valence-electron chi connectivity index (χ0n) is 13.5. The first kappa shape index (κ1) is 19.2. The van der Waals surface area contributed by atoms with Crippen molar-refractivity contribution in [3.63, 3.8) is 0 Å². The quantitative estimate of drug-likeness (QED) is 0.687. The number of hydrogen-bond acceptors (Lipinski definition) is 3. The minimum Gasteiger partial charge on any atom is -0.465 e. The molecule has 0 bridgehead atoms. The molecule has 0 aromatic heterocycles. The summed E-state index contributed by atoms with van der Waals surface area (Å²) in [5.74, 6) is -0.160. The highest BCUT2D eigenvalue weighted by Gasteiger charge is 2.32. The maximum Gasteiger partial charge on any atom is 0.401 e. The van der Waals surface area contributed by atoms with E-state index in [-0.39, 0.29) is 24.9 Å². The predicted molar refractivity (Wildman–Crippen MR) is 88.8 cm³/mol. The molecular formula is C17H21BrF3NO2. The molecule has 0 aliphatic carbocycles. The monoisotopic (exact) mass is 407 g/mol. The molecule has 24 heavy (non-hydrogen) atoms. The summed E-state index contributed by atoms with van der Waals surface area (Å²) in [6, 6.07) is 5.71. The maximum absolute atomic E-state index is 12.3. The number of halogens is 4. The van der Waals surface area contributed by atoms with Crippen LogP contribution in [0.4, 0.5) is 13.2 Å². The van der Waals surface area contributed by atoms with Gasteiger partial charge in [0.1, 0.15) is 0 Å². The SMILES string of the molecule is Cc1ccc(CC(=O)OCC2CCN(CC(F)(F)F)CC2)cc1Br. The molecule has 2 rings (SSSR count). The molecule has 3 nitrogen and oxygen atoms in total. The number of alkyl halides is 3. The highest BCUT2D eigenvalue weighted by molar-refractivity contribution is 9.10. The third-order valence-corrected chi connectivity index (χ3v) is 5.03. The molecule has 1 aromatic carbocycles. The lowest BCUT2D eigenvalue weighted by molar-refractivity contribution is -0.150. The van der Waals surface area contributed by atoms with Crippen LogP contribution in [0, 0.1) is 12.8 Å². The third-order valence-electron chi connectivity index (χ3n) is 4.17. The Morgan fingerprint density at radius 2 is 2.00 bits per heavy atom. The average Bonchev–Trinajstić information content (AvgIpc) is 2.49. The third kappa shape index (κ3) is 6.43. The number of likely N-dealkylation sites (tertiary alicyclic amines) is 1. The number of benzene rings is 1. The van der Waals surface area contributed by atoms with Crippen LogP contribution in [0.1, 0.15) is 24.0 Å². The molecule has 0 N–H and O–H groups in total. The summed E-state index contributed by atoms with van der Waals surface area (Å²) < 4.78 is 43.3. The second kappa shape index (κ2) is 8.34. The van der Waals surface area contributed by atoms with Crippen LogP contribution in [-0.4, -0.2) is 43.3 Å². The number of esters is 1. The van der Waals surface area contributed by atoms with Gasteiger partial charge >= 0.3 is 12.1 Å². The van der Waals surface area contributed by atoms with Crippen molar-refractivity contribution in [2.24, 2.45) is 5.92 Å². The second-order valence-corrected chi connectivity index (χ2v) is 7.13. The largest absolute Gasteiger partial charge is 0.465 e. The lowest BCUT2D eigenvalue weighted by Crippen LogP contribution is -2.41. The van der Waals surface area contributed by atoms with Gasteiger partial charge in [-0.1, -0.05) is 28.1 Å². The van der Waals surface area contributed by atoms with Gasteiger partial charge in [-0.25, -0.2) is 0 Å². The minimum absolute atomic E-state index is 0.142. The van der Waals surface area contributed by atoms with Crippen LogP contribution in [0.2, 0.25) is 0 Å². The lowest BCUT2D eigenvalue weighted by Gasteiger charge is -2.32. The van der Waals surface area contributed by atoms with Gasteiger partial charge in [-0.2, -0.15) is 13.2 Å². The molecule has 1 fully saturated rings. The fraction of sp³-hybridized carbons (Fsp3) is 0.588. The molecule has 0 saturated carbocycles. The average molecular weight is 408 g/mol. The van der Waals surface area contributed by atoms with E-state index in [0.29, 0.717) is 25.9 Å². The van der Waals surface area contributed by atoms with E-state index in [4.69, 9.17) is 4.74 Å². The molecule has 0 spiro atoms. The summed E-state index contributed by atoms with van der Waals surface area (Å²) >= 11 is 3.43. The van der Waals surface area contributed by atoms with Gasteiger partial charge in [0.15, 0.2) is 0 Å². The topological polar surface area (TPSA) is 29.5 Å². The van der Waals surface area contributed by atoms with Gasteiger partial charge in [0.25, 0.3) is 0 Å². The van der Waals surface area contributed by atoms with Crippen LogP contribution >= 0.6 is 15.9 Å². The van der Waals surface area contributed by atoms with Crippen LogP contribution in [0.15, 0.2) is 22.7 Å². The molecule has 1 aliphatic heterocycles. The van der Waals surface area contributed by atoms with Crippen LogP contribution in [0.25, 0.3) is 0 Å². The molecular weight excluding hydrogens is 387 g/mol. The fourth-order valence-corrected chi connectivity index (χ4v) is 3.17. The summed E-state index contributed by atoms with van der Waals surface area (Å²) in [4.78, 5) is 13.3. The number of ether oxygens (including phenoxy) is 1. The molecule has 1 aliphatic rings. The number of hydrogen-bond donors (Lipinski definition) is 0. The Kier molecular flexibility index (Phi) is 6.69. The van der Waals surface area contributed by atoms with E-state index in [1.807, 2.05) is 25.1 Å². The first-order chi connectivity index (χ1) is 11.2. The molecule has 0 atom stereocenters. The van der Waals surface area contributed by atoms with Crippen molar-refractivity contribution in [2.45, 2.75) is 32.4 Å². The molecule has 0 unspecified atom stereocenters. The number of aryl methyl sites for hydroxylation is 1. The summed E-state index contributed by atoms with van der Waals surface area (Å²) in [5.41, 5.74) is 1.97. The second-order valence-electron chi connectivity index (χ2n) is 6.28. The Morgan fingerprint density at radius 1 is 1.33 bits per heavy atom. The number of piperidine rings is 1. The zero-order chi connectivity index (χ0) is 17.7. The fourth-order valence-electron chi connectivity index (χ4n) is 2.74. The summed E-state index contributed by atoms with van der Waals surface area (Å²) in [6.07, 6.45) is -2.70. The molecule has 1 saturated heterocycles. The van der Waals surface area contributed by atoms with Crippen molar-refractivity contribution < 1.29 is 22.7 Å². The highest BCUT2D eigenvalue weighted by Crippen LogP contribution is 2.23. The van der Waals surface area contributed by atoms with E-state index in [0.717, 1.165) is 15.6 Å². The predicted octanol–water partition coefficient (Wildman–Crippen LogP) is 4.12. The standard InChI is InChI=1S/C17H21BrF3NO2/c1-12-2-3-14(8-15(12)18)9-16(23)24-10-13-4-6-22(7-5-13)11-17(19,20)21/h2-3,8,13H,4-7,9-11H2,1H3. The van der Waals surface area contributed by atoms with Crippen LogP contribution in [-0.2, 0) is 16.0 Å². The van der Waals surface area contributed by atoms with Crippen LogP contribution < -0.4 is 0 Å². The summed E-state index contributed by atoms with van der Waals surface area (Å²) in [6.45, 7) is 2.18. The van der Waals surface area contributed by atoms with Crippen LogP contribution in [0.3, 0.4) is 0 Å². The molecule has 134 valence electrons.